The molecule has 2 amide bonds. The quantitative estimate of drug-likeness (QED) is 0.570. The molecule has 0 radical (unpaired) electrons. The molecule has 0 unspecified atom stereocenters. The summed E-state index contributed by atoms with van der Waals surface area (Å²) in [5.41, 5.74) is 2.49. The number of hydrogen-bond acceptors (Lipinski definition) is 5. The molecule has 0 spiro atoms. The number of nitriles is 1. The molecule has 2 N–H and O–H groups in total. The zero-order valence-electron chi connectivity index (χ0n) is 18.7. The number of aromatic nitrogens is 1. The summed E-state index contributed by atoms with van der Waals surface area (Å²) in [5, 5.41) is 15.5. The van der Waals surface area contributed by atoms with Crippen LogP contribution in [-0.4, -0.2) is 61.7 Å². The van der Waals surface area contributed by atoms with Gasteiger partial charge in [-0.25, -0.2) is 0 Å². The number of ether oxygens (including phenoxy) is 1. The van der Waals surface area contributed by atoms with Crippen LogP contribution in [0.25, 0.3) is 0 Å². The number of carbonyl (C=O) groups is 2. The molecule has 1 aromatic heterocycles. The van der Waals surface area contributed by atoms with E-state index >= 15 is 0 Å². The summed E-state index contributed by atoms with van der Waals surface area (Å²) in [6.45, 7) is 5.30. The van der Waals surface area contributed by atoms with Crippen LogP contribution in [0.1, 0.15) is 61.4 Å². The third-order valence-electron chi connectivity index (χ3n) is 5.74. The van der Waals surface area contributed by atoms with Crippen molar-refractivity contribution in [3.63, 3.8) is 0 Å². The fourth-order valence-electron chi connectivity index (χ4n) is 4.10. The Hall–Kier alpha value is -2.37. The van der Waals surface area contributed by atoms with Crippen molar-refractivity contribution in [1.82, 2.24) is 14.8 Å². The third-order valence-corrected chi connectivity index (χ3v) is 5.74. The van der Waals surface area contributed by atoms with E-state index in [1.807, 2.05) is 13.8 Å². The van der Waals surface area contributed by atoms with E-state index in [-0.39, 0.29) is 24.9 Å². The molecule has 0 aliphatic heterocycles. The zero-order chi connectivity index (χ0) is 22.1. The minimum absolute atomic E-state index is 0.0737. The van der Waals surface area contributed by atoms with Crippen molar-refractivity contribution in [3.8, 4) is 6.07 Å². The molecule has 8 heteroatoms. The van der Waals surface area contributed by atoms with Crippen LogP contribution in [0.2, 0.25) is 0 Å². The Bertz CT molecular complexity index is 775. The van der Waals surface area contributed by atoms with Gasteiger partial charge in [0.2, 0.25) is 11.8 Å². The number of nitrogens with one attached hydrogen (secondary N) is 2. The zero-order valence-corrected chi connectivity index (χ0v) is 18.7. The Morgan fingerprint density at radius 2 is 1.87 bits per heavy atom. The normalized spacial score (nSPS) is 14.5. The number of likely N-dealkylation sites (N-methyl/N-ethyl adjacent to an activating group) is 1. The van der Waals surface area contributed by atoms with E-state index in [0.717, 1.165) is 30.5 Å². The first-order valence-corrected chi connectivity index (χ1v) is 10.7. The molecule has 1 aliphatic carbocycles. The van der Waals surface area contributed by atoms with Gasteiger partial charge in [-0.1, -0.05) is 19.3 Å². The van der Waals surface area contributed by atoms with Crippen molar-refractivity contribution < 1.29 is 14.3 Å². The highest BCUT2D eigenvalue weighted by atomic mass is 16.5. The molecule has 2 rings (SSSR count). The molecular formula is C22H35N5O3. The van der Waals surface area contributed by atoms with Gasteiger partial charge in [-0.05, 0) is 45.7 Å². The molecule has 0 aromatic carbocycles. The number of methoxy groups -OCH3 is 1. The second kappa shape index (κ2) is 11.7. The minimum Gasteiger partial charge on any atom is -0.385 e. The summed E-state index contributed by atoms with van der Waals surface area (Å²) in [6.07, 6.45) is 6.44. The van der Waals surface area contributed by atoms with E-state index in [2.05, 4.69) is 21.3 Å². The first kappa shape index (κ1) is 23.9. The van der Waals surface area contributed by atoms with E-state index in [1.54, 1.807) is 19.1 Å². The van der Waals surface area contributed by atoms with Gasteiger partial charge in [-0.15, -0.1) is 0 Å². The van der Waals surface area contributed by atoms with E-state index in [9.17, 15) is 14.9 Å². The van der Waals surface area contributed by atoms with E-state index < -0.39 is 0 Å². The minimum atomic E-state index is -0.226. The van der Waals surface area contributed by atoms with Crippen molar-refractivity contribution in [2.75, 3.05) is 45.7 Å². The van der Waals surface area contributed by atoms with E-state index in [0.29, 0.717) is 30.6 Å². The van der Waals surface area contributed by atoms with Gasteiger partial charge in [0, 0.05) is 32.0 Å². The van der Waals surface area contributed by atoms with Crippen LogP contribution in [0, 0.1) is 25.2 Å². The van der Waals surface area contributed by atoms with Crippen molar-refractivity contribution in [3.05, 3.63) is 16.8 Å². The van der Waals surface area contributed by atoms with Crippen LogP contribution in [0.3, 0.4) is 0 Å². The number of rotatable bonds is 10. The molecule has 166 valence electrons. The second-order valence-electron chi connectivity index (χ2n) is 8.12. The predicted octanol–water partition coefficient (Wildman–Crippen LogP) is 2.50. The number of hydrogen-bond donors (Lipinski definition) is 2. The Morgan fingerprint density at radius 3 is 2.50 bits per heavy atom. The highest BCUT2D eigenvalue weighted by Crippen LogP contribution is 2.36. The number of nitrogens with zero attached hydrogens (tertiary/aromatic N) is 3. The molecule has 8 nitrogen and oxygen atoms in total. The Kier molecular flexibility index (Phi) is 9.34. The summed E-state index contributed by atoms with van der Waals surface area (Å²) in [4.78, 5) is 26.4. The van der Waals surface area contributed by atoms with Crippen molar-refractivity contribution in [2.45, 2.75) is 58.4 Å². The molecule has 0 saturated heterocycles. The van der Waals surface area contributed by atoms with Gasteiger partial charge in [0.25, 0.3) is 0 Å². The molecule has 1 fully saturated rings. The van der Waals surface area contributed by atoms with Crippen molar-refractivity contribution in [2.24, 2.45) is 0 Å². The van der Waals surface area contributed by atoms with Gasteiger partial charge in [0.1, 0.15) is 11.9 Å². The van der Waals surface area contributed by atoms with E-state index in [4.69, 9.17) is 4.74 Å². The van der Waals surface area contributed by atoms with Crippen LogP contribution in [0.4, 0.5) is 5.82 Å². The van der Waals surface area contributed by atoms with Crippen LogP contribution >= 0.6 is 0 Å². The lowest BCUT2D eigenvalue weighted by Gasteiger charge is -2.27. The lowest BCUT2D eigenvalue weighted by molar-refractivity contribution is -0.123. The summed E-state index contributed by atoms with van der Waals surface area (Å²) in [5.74, 6) is 0.244. The summed E-state index contributed by atoms with van der Waals surface area (Å²) in [7, 11) is 3.36. The maximum absolute atomic E-state index is 12.7. The smallest absolute Gasteiger partial charge is 0.239 e. The van der Waals surface area contributed by atoms with Gasteiger partial charge >= 0.3 is 0 Å². The maximum Gasteiger partial charge on any atom is 0.239 e. The molecule has 1 aromatic rings. The number of amides is 2. The average molecular weight is 418 g/mol. The van der Waals surface area contributed by atoms with Crippen LogP contribution in [-0.2, 0) is 14.3 Å². The fraction of sp³-hybridized carbons (Fsp3) is 0.682. The van der Waals surface area contributed by atoms with Crippen LogP contribution in [0.15, 0.2) is 0 Å². The maximum atomic E-state index is 12.7. The van der Waals surface area contributed by atoms with Gasteiger partial charge in [0.15, 0.2) is 0 Å². The number of anilines is 1. The van der Waals surface area contributed by atoms with Crippen LogP contribution in [0.5, 0.6) is 0 Å². The van der Waals surface area contributed by atoms with Crippen LogP contribution < -0.4 is 10.6 Å². The molecule has 0 bridgehead atoms. The number of carbonyl (C=O) groups excluding carboxylic acids is 2. The lowest BCUT2D eigenvalue weighted by atomic mass is 9.95. The Morgan fingerprint density at radius 1 is 1.20 bits per heavy atom. The summed E-state index contributed by atoms with van der Waals surface area (Å²) < 4.78 is 7.10. The Labute approximate surface area is 179 Å². The van der Waals surface area contributed by atoms with E-state index in [1.165, 1.54) is 19.3 Å². The predicted molar refractivity (Wildman–Crippen MR) is 116 cm³/mol. The van der Waals surface area contributed by atoms with Crippen molar-refractivity contribution >= 4 is 17.6 Å². The molecule has 1 heterocycles. The molecular weight excluding hydrogens is 382 g/mol. The molecule has 0 atom stereocenters. The lowest BCUT2D eigenvalue weighted by Crippen LogP contribution is -2.39. The first-order valence-electron chi connectivity index (χ1n) is 10.7. The summed E-state index contributed by atoms with van der Waals surface area (Å²) in [6, 6.07) is 2.58. The highest BCUT2D eigenvalue weighted by Gasteiger charge is 2.26. The topological polar surface area (TPSA) is 99.4 Å². The monoisotopic (exact) mass is 417 g/mol. The fourth-order valence-corrected chi connectivity index (χ4v) is 4.10. The average Bonchev–Trinajstić information content (AvgIpc) is 2.95. The SMILES string of the molecule is COCCCNC(=O)CN(C)CC(=O)Nc1c(C#N)c(C)c(C)n1C1CCCCC1. The second-order valence-corrected chi connectivity index (χ2v) is 8.12. The summed E-state index contributed by atoms with van der Waals surface area (Å²) >= 11 is 0. The molecule has 1 saturated carbocycles. The van der Waals surface area contributed by atoms with Gasteiger partial charge < -0.3 is 19.9 Å². The molecule has 30 heavy (non-hydrogen) atoms. The standard InChI is InChI=1S/C22H35N5O3/c1-16-17(2)27(18-9-6-5-7-10-18)22(19(16)13-23)25-21(29)15-26(3)14-20(28)24-11-8-12-30-4/h18H,5-12,14-15H2,1-4H3,(H,24,28)(H,25,29). The molecule has 1 aliphatic rings. The van der Waals surface area contributed by atoms with Gasteiger partial charge in [0.05, 0.1) is 18.7 Å². The first-order chi connectivity index (χ1) is 14.4. The van der Waals surface area contributed by atoms with Gasteiger partial charge in [-0.3, -0.25) is 14.5 Å². The Balaban J connectivity index is 2.01. The van der Waals surface area contributed by atoms with Gasteiger partial charge in [-0.2, -0.15) is 5.26 Å². The largest absolute Gasteiger partial charge is 0.385 e. The third kappa shape index (κ3) is 6.31. The highest BCUT2D eigenvalue weighted by molar-refractivity contribution is 5.93. The van der Waals surface area contributed by atoms with Crippen molar-refractivity contribution in [1.29, 1.82) is 5.26 Å².